The molecule has 5 heteroatoms. The topological polar surface area (TPSA) is 32.3 Å². The smallest absolute Gasteiger partial charge is 0.252 e. The van der Waals surface area contributed by atoms with Crippen molar-refractivity contribution in [3.05, 3.63) is 57.6 Å². The van der Waals surface area contributed by atoms with Crippen LogP contribution in [0.5, 0.6) is 0 Å². The van der Waals surface area contributed by atoms with Crippen LogP contribution in [0.15, 0.2) is 47.2 Å². The van der Waals surface area contributed by atoms with E-state index in [1.54, 1.807) is 11.3 Å². The van der Waals surface area contributed by atoms with Gasteiger partial charge in [0.1, 0.15) is 0 Å². The predicted octanol–water partition coefficient (Wildman–Crippen LogP) is 6.19. The zero-order chi connectivity index (χ0) is 20.2. The van der Waals surface area contributed by atoms with Crippen molar-refractivity contribution < 1.29 is 4.79 Å². The lowest BCUT2D eigenvalue weighted by Gasteiger charge is -2.37. The summed E-state index contributed by atoms with van der Waals surface area (Å²) >= 11 is 3.53. The fraction of sp³-hybridized carbons (Fsp3) is 0.458. The van der Waals surface area contributed by atoms with Gasteiger partial charge in [0.2, 0.25) is 0 Å². The van der Waals surface area contributed by atoms with Gasteiger partial charge < -0.3 is 10.2 Å². The molecule has 1 aliphatic carbocycles. The summed E-state index contributed by atoms with van der Waals surface area (Å²) in [5.74, 6) is 1.55. The van der Waals surface area contributed by atoms with Gasteiger partial charge in [-0.05, 0) is 62.7 Å². The van der Waals surface area contributed by atoms with E-state index in [-0.39, 0.29) is 5.91 Å². The minimum Gasteiger partial charge on any atom is -0.352 e. The van der Waals surface area contributed by atoms with Crippen molar-refractivity contribution in [3.8, 4) is 0 Å². The normalized spacial score (nSPS) is 20.8. The molecule has 1 aliphatic rings. The average molecular weight is 427 g/mol. The second-order valence-electron chi connectivity index (χ2n) is 8.39. The molecule has 2 heterocycles. The fourth-order valence-corrected chi connectivity index (χ4v) is 6.75. The van der Waals surface area contributed by atoms with Gasteiger partial charge in [0, 0.05) is 32.9 Å². The van der Waals surface area contributed by atoms with Crippen molar-refractivity contribution in [2.75, 3.05) is 20.6 Å². The lowest BCUT2D eigenvalue weighted by atomic mass is 9.76. The van der Waals surface area contributed by atoms with E-state index in [9.17, 15) is 4.79 Å². The summed E-state index contributed by atoms with van der Waals surface area (Å²) in [6, 6.07) is 13.1. The van der Waals surface area contributed by atoms with Crippen LogP contribution in [0, 0.1) is 11.8 Å². The van der Waals surface area contributed by atoms with Crippen molar-refractivity contribution in [3.63, 3.8) is 0 Å². The molecule has 3 aromatic rings. The molecule has 1 aromatic carbocycles. The first-order valence-electron chi connectivity index (χ1n) is 10.6. The molecule has 0 bridgehead atoms. The minimum absolute atomic E-state index is 0.0708. The molecule has 1 atom stereocenters. The molecule has 0 aliphatic heterocycles. The molecule has 1 fully saturated rings. The lowest BCUT2D eigenvalue weighted by Crippen LogP contribution is -2.31. The molecule has 2 aromatic heterocycles. The Hall–Kier alpha value is -1.69. The standard InChI is InChI=1S/C24H30N2OS2/c1-26(2)23(22-8-5-15-28-22)18-11-9-17(10-12-18)13-14-25-24(27)20-16-29-21-7-4-3-6-19(20)21/h3-8,15-18,23H,9-14H2,1-2H3,(H,25,27). The van der Waals surface area contributed by atoms with Crippen molar-refractivity contribution in [2.24, 2.45) is 11.8 Å². The molecule has 29 heavy (non-hydrogen) atoms. The molecule has 0 spiro atoms. The number of carbonyl (C=O) groups excluding carboxylic acids is 1. The molecule has 4 rings (SSSR count). The van der Waals surface area contributed by atoms with Gasteiger partial charge in [-0.3, -0.25) is 4.79 Å². The molecule has 1 N–H and O–H groups in total. The monoisotopic (exact) mass is 426 g/mol. The Morgan fingerprint density at radius 3 is 2.62 bits per heavy atom. The van der Waals surface area contributed by atoms with E-state index >= 15 is 0 Å². The number of benzene rings is 1. The molecule has 154 valence electrons. The van der Waals surface area contributed by atoms with E-state index in [4.69, 9.17) is 0 Å². The highest BCUT2D eigenvalue weighted by Gasteiger charge is 2.30. The Balaban J connectivity index is 1.25. The van der Waals surface area contributed by atoms with Gasteiger partial charge in [-0.25, -0.2) is 0 Å². The number of thiophene rings is 2. The summed E-state index contributed by atoms with van der Waals surface area (Å²) in [7, 11) is 4.42. The lowest BCUT2D eigenvalue weighted by molar-refractivity contribution is 0.0949. The summed E-state index contributed by atoms with van der Waals surface area (Å²) in [5, 5.41) is 8.40. The van der Waals surface area contributed by atoms with E-state index in [2.05, 4.69) is 47.9 Å². The third-order valence-electron chi connectivity index (χ3n) is 6.29. The first-order valence-corrected chi connectivity index (χ1v) is 12.3. The second-order valence-corrected chi connectivity index (χ2v) is 10.3. The van der Waals surface area contributed by atoms with Crippen molar-refractivity contribution in [1.82, 2.24) is 10.2 Å². The van der Waals surface area contributed by atoms with Gasteiger partial charge in [-0.1, -0.05) is 37.1 Å². The van der Waals surface area contributed by atoms with Gasteiger partial charge in [0.15, 0.2) is 0 Å². The van der Waals surface area contributed by atoms with Crippen molar-refractivity contribution >= 4 is 38.7 Å². The zero-order valence-corrected chi connectivity index (χ0v) is 18.9. The van der Waals surface area contributed by atoms with Crippen LogP contribution < -0.4 is 5.32 Å². The fourth-order valence-electron chi connectivity index (χ4n) is 4.80. The van der Waals surface area contributed by atoms with E-state index in [0.717, 1.165) is 35.8 Å². The molecule has 0 saturated heterocycles. The van der Waals surface area contributed by atoms with E-state index in [1.165, 1.54) is 35.3 Å². The molecule has 3 nitrogen and oxygen atoms in total. The maximum Gasteiger partial charge on any atom is 0.252 e. The van der Waals surface area contributed by atoms with Crippen LogP contribution in [0.25, 0.3) is 10.1 Å². The summed E-state index contributed by atoms with van der Waals surface area (Å²) in [5.41, 5.74) is 0.819. The van der Waals surface area contributed by atoms with Crippen LogP contribution in [0.4, 0.5) is 0 Å². The van der Waals surface area contributed by atoms with Crippen LogP contribution in [-0.4, -0.2) is 31.4 Å². The Labute approximate surface area is 181 Å². The Morgan fingerprint density at radius 2 is 1.90 bits per heavy atom. The highest BCUT2D eigenvalue weighted by Crippen LogP contribution is 2.41. The summed E-state index contributed by atoms with van der Waals surface area (Å²) in [6.07, 6.45) is 6.21. The number of carbonyl (C=O) groups is 1. The van der Waals surface area contributed by atoms with Crippen molar-refractivity contribution in [2.45, 2.75) is 38.1 Å². The molecule has 0 radical (unpaired) electrons. The quantitative estimate of drug-likeness (QED) is 0.488. The summed E-state index contributed by atoms with van der Waals surface area (Å²) < 4.78 is 1.18. The summed E-state index contributed by atoms with van der Waals surface area (Å²) in [4.78, 5) is 16.5. The Morgan fingerprint density at radius 1 is 1.10 bits per heavy atom. The van der Waals surface area contributed by atoms with Gasteiger partial charge >= 0.3 is 0 Å². The van der Waals surface area contributed by atoms with E-state index < -0.39 is 0 Å². The van der Waals surface area contributed by atoms with Gasteiger partial charge in [-0.2, -0.15) is 0 Å². The highest BCUT2D eigenvalue weighted by atomic mass is 32.1. The molecule has 1 saturated carbocycles. The van der Waals surface area contributed by atoms with Crippen LogP contribution in [-0.2, 0) is 0 Å². The van der Waals surface area contributed by atoms with Crippen LogP contribution in [0.2, 0.25) is 0 Å². The molecule has 1 amide bonds. The number of amides is 1. The molecule has 1 unspecified atom stereocenters. The first-order chi connectivity index (χ1) is 14.1. The molecular formula is C24H30N2OS2. The Bertz CT molecular complexity index is 923. The number of nitrogens with one attached hydrogen (secondary N) is 1. The van der Waals surface area contributed by atoms with Gasteiger partial charge in [0.05, 0.1) is 5.56 Å². The van der Waals surface area contributed by atoms with E-state index in [0.29, 0.717) is 6.04 Å². The largest absolute Gasteiger partial charge is 0.352 e. The zero-order valence-electron chi connectivity index (χ0n) is 17.3. The van der Waals surface area contributed by atoms with Gasteiger partial charge in [-0.15, -0.1) is 22.7 Å². The van der Waals surface area contributed by atoms with Crippen LogP contribution in [0.3, 0.4) is 0 Å². The van der Waals surface area contributed by atoms with Crippen LogP contribution in [0.1, 0.15) is 53.4 Å². The number of hydrogen-bond acceptors (Lipinski definition) is 4. The van der Waals surface area contributed by atoms with Crippen LogP contribution >= 0.6 is 22.7 Å². The second kappa shape index (κ2) is 9.41. The number of fused-ring (bicyclic) bond motifs is 1. The SMILES string of the molecule is CN(C)C(c1cccs1)C1CCC(CCNC(=O)c2csc3ccccc23)CC1. The maximum absolute atomic E-state index is 12.6. The highest BCUT2D eigenvalue weighted by molar-refractivity contribution is 7.17. The van der Waals surface area contributed by atoms with Crippen molar-refractivity contribution in [1.29, 1.82) is 0 Å². The Kier molecular flexibility index (Phi) is 6.68. The number of hydrogen-bond donors (Lipinski definition) is 1. The number of nitrogens with zero attached hydrogens (tertiary/aromatic N) is 1. The third-order valence-corrected chi connectivity index (χ3v) is 8.20. The maximum atomic E-state index is 12.6. The number of rotatable bonds is 7. The minimum atomic E-state index is 0.0708. The molecular weight excluding hydrogens is 396 g/mol. The third kappa shape index (κ3) is 4.73. The van der Waals surface area contributed by atoms with Gasteiger partial charge in [0.25, 0.3) is 5.91 Å². The summed E-state index contributed by atoms with van der Waals surface area (Å²) in [6.45, 7) is 0.778. The van der Waals surface area contributed by atoms with E-state index in [1.807, 2.05) is 34.9 Å². The average Bonchev–Trinajstić information content (AvgIpc) is 3.39. The first kappa shape index (κ1) is 20.6. The predicted molar refractivity (Wildman–Crippen MR) is 125 cm³/mol.